The maximum absolute atomic E-state index is 12.8. The highest BCUT2D eigenvalue weighted by molar-refractivity contribution is 7.10. The number of nitrogens with one attached hydrogen (secondary N) is 1. The maximum Gasteiger partial charge on any atom is 0.234 e. The predicted molar refractivity (Wildman–Crippen MR) is 119 cm³/mol. The van der Waals surface area contributed by atoms with E-state index < -0.39 is 0 Å². The summed E-state index contributed by atoms with van der Waals surface area (Å²) >= 11 is 1.68. The molecule has 1 aromatic heterocycles. The van der Waals surface area contributed by atoms with Gasteiger partial charge in [0, 0.05) is 37.6 Å². The van der Waals surface area contributed by atoms with E-state index in [0.717, 1.165) is 43.2 Å². The molecule has 1 saturated heterocycles. The SMILES string of the molecule is O=C(CN1CCN(Cc2ccccc2)CC1)N[C@H](c1ccccc1)c1cccs1. The number of thiophene rings is 1. The minimum atomic E-state index is -0.0805. The highest BCUT2D eigenvalue weighted by Crippen LogP contribution is 2.25. The third-order valence-corrected chi connectivity index (χ3v) is 6.28. The Hall–Kier alpha value is -2.47. The van der Waals surface area contributed by atoms with Gasteiger partial charge in [-0.05, 0) is 22.6 Å². The summed E-state index contributed by atoms with van der Waals surface area (Å²) in [5.41, 5.74) is 2.47. The van der Waals surface area contributed by atoms with Gasteiger partial charge in [0.05, 0.1) is 12.6 Å². The molecule has 1 fully saturated rings. The van der Waals surface area contributed by atoms with Crippen molar-refractivity contribution < 1.29 is 4.79 Å². The van der Waals surface area contributed by atoms with Gasteiger partial charge >= 0.3 is 0 Å². The molecular weight excluding hydrogens is 378 g/mol. The molecule has 4 rings (SSSR count). The Kier molecular flexibility index (Phi) is 6.72. The molecule has 0 bridgehead atoms. The van der Waals surface area contributed by atoms with Gasteiger partial charge in [0.15, 0.2) is 0 Å². The van der Waals surface area contributed by atoms with Crippen LogP contribution in [0.1, 0.15) is 22.0 Å². The summed E-state index contributed by atoms with van der Waals surface area (Å²) in [6.07, 6.45) is 0. The first-order valence-corrected chi connectivity index (χ1v) is 11.0. The lowest BCUT2D eigenvalue weighted by atomic mass is 10.1. The lowest BCUT2D eigenvalue weighted by Gasteiger charge is -2.34. The maximum atomic E-state index is 12.8. The number of hydrogen-bond donors (Lipinski definition) is 1. The summed E-state index contributed by atoms with van der Waals surface area (Å²) in [4.78, 5) is 18.7. The summed E-state index contributed by atoms with van der Waals surface area (Å²) in [6, 6.07) is 24.8. The van der Waals surface area contributed by atoms with Crippen molar-refractivity contribution in [3.05, 3.63) is 94.2 Å². The zero-order valence-electron chi connectivity index (χ0n) is 16.5. The van der Waals surface area contributed by atoms with Gasteiger partial charge < -0.3 is 5.32 Å². The van der Waals surface area contributed by atoms with Crippen molar-refractivity contribution in [3.63, 3.8) is 0 Å². The normalized spacial score (nSPS) is 16.4. The molecule has 1 aliphatic rings. The zero-order valence-corrected chi connectivity index (χ0v) is 17.4. The largest absolute Gasteiger partial charge is 0.343 e. The summed E-state index contributed by atoms with van der Waals surface area (Å²) < 4.78 is 0. The van der Waals surface area contributed by atoms with E-state index in [-0.39, 0.29) is 11.9 Å². The first-order chi connectivity index (χ1) is 14.3. The number of benzene rings is 2. The second kappa shape index (κ2) is 9.83. The van der Waals surface area contributed by atoms with Crippen LogP contribution in [0.3, 0.4) is 0 Å². The van der Waals surface area contributed by atoms with Crippen LogP contribution in [-0.2, 0) is 11.3 Å². The molecule has 1 atom stereocenters. The summed E-state index contributed by atoms with van der Waals surface area (Å²) in [5, 5.41) is 5.31. The molecule has 4 nitrogen and oxygen atoms in total. The highest BCUT2D eigenvalue weighted by Gasteiger charge is 2.22. The summed E-state index contributed by atoms with van der Waals surface area (Å²) in [6.45, 7) is 5.28. The average Bonchev–Trinajstić information content (AvgIpc) is 3.29. The third-order valence-electron chi connectivity index (χ3n) is 5.35. The minimum absolute atomic E-state index is 0.0805. The molecule has 29 heavy (non-hydrogen) atoms. The van der Waals surface area contributed by atoms with Crippen molar-refractivity contribution in [2.45, 2.75) is 12.6 Å². The van der Waals surface area contributed by atoms with E-state index in [0.29, 0.717) is 6.54 Å². The van der Waals surface area contributed by atoms with Gasteiger partial charge in [0.2, 0.25) is 5.91 Å². The van der Waals surface area contributed by atoms with Crippen LogP contribution in [0.25, 0.3) is 0 Å². The first kappa shape index (κ1) is 19.8. The number of carbonyl (C=O) groups is 1. The Bertz CT molecular complexity index is 875. The van der Waals surface area contributed by atoms with Crippen molar-refractivity contribution in [2.75, 3.05) is 32.7 Å². The van der Waals surface area contributed by atoms with Crippen molar-refractivity contribution in [3.8, 4) is 0 Å². The van der Waals surface area contributed by atoms with E-state index in [4.69, 9.17) is 0 Å². The Morgan fingerprint density at radius 3 is 2.17 bits per heavy atom. The topological polar surface area (TPSA) is 35.6 Å². The van der Waals surface area contributed by atoms with Gasteiger partial charge in [-0.1, -0.05) is 66.7 Å². The molecular formula is C24H27N3OS. The van der Waals surface area contributed by atoms with Crippen molar-refractivity contribution in [1.29, 1.82) is 0 Å². The first-order valence-electron chi connectivity index (χ1n) is 10.1. The van der Waals surface area contributed by atoms with E-state index in [1.54, 1.807) is 11.3 Å². The monoisotopic (exact) mass is 405 g/mol. The van der Waals surface area contributed by atoms with E-state index in [2.05, 4.69) is 69.0 Å². The van der Waals surface area contributed by atoms with Crippen LogP contribution in [0.4, 0.5) is 0 Å². The van der Waals surface area contributed by atoms with Crippen LogP contribution >= 0.6 is 11.3 Å². The second-order valence-corrected chi connectivity index (χ2v) is 8.44. The van der Waals surface area contributed by atoms with Crippen molar-refractivity contribution in [1.82, 2.24) is 15.1 Å². The van der Waals surface area contributed by atoms with E-state index in [1.165, 1.54) is 5.56 Å². The fourth-order valence-corrected chi connectivity index (χ4v) is 4.58. The summed E-state index contributed by atoms with van der Waals surface area (Å²) in [7, 11) is 0. The molecule has 2 heterocycles. The Morgan fingerprint density at radius 2 is 1.52 bits per heavy atom. The molecule has 150 valence electrons. The molecule has 0 radical (unpaired) electrons. The van der Waals surface area contributed by atoms with Gasteiger partial charge in [0.25, 0.3) is 0 Å². The second-order valence-electron chi connectivity index (χ2n) is 7.46. The Balaban J connectivity index is 1.30. The van der Waals surface area contributed by atoms with Crippen LogP contribution in [0.5, 0.6) is 0 Å². The number of rotatable bonds is 7. The lowest BCUT2D eigenvalue weighted by Crippen LogP contribution is -2.49. The van der Waals surface area contributed by atoms with Gasteiger partial charge in [-0.3, -0.25) is 14.6 Å². The number of carbonyl (C=O) groups excluding carboxylic acids is 1. The Morgan fingerprint density at radius 1 is 0.862 bits per heavy atom. The molecule has 1 amide bonds. The van der Waals surface area contributed by atoms with Crippen LogP contribution in [0, 0.1) is 0 Å². The van der Waals surface area contributed by atoms with Gasteiger partial charge in [0.1, 0.15) is 0 Å². The predicted octanol–water partition coefficient (Wildman–Crippen LogP) is 3.77. The Labute approximate surface area is 176 Å². The van der Waals surface area contributed by atoms with Crippen LogP contribution < -0.4 is 5.32 Å². The van der Waals surface area contributed by atoms with Gasteiger partial charge in [-0.25, -0.2) is 0 Å². The summed E-state index contributed by atoms with van der Waals surface area (Å²) in [5.74, 6) is 0.0868. The number of piperazine rings is 1. The van der Waals surface area contributed by atoms with Crippen LogP contribution in [0.2, 0.25) is 0 Å². The fourth-order valence-electron chi connectivity index (χ4n) is 3.78. The molecule has 5 heteroatoms. The quantitative estimate of drug-likeness (QED) is 0.650. The number of hydrogen-bond acceptors (Lipinski definition) is 4. The van der Waals surface area contributed by atoms with Crippen molar-refractivity contribution in [2.24, 2.45) is 0 Å². The lowest BCUT2D eigenvalue weighted by molar-refractivity contribution is -0.123. The number of nitrogens with zero attached hydrogens (tertiary/aromatic N) is 2. The smallest absolute Gasteiger partial charge is 0.234 e. The van der Waals surface area contributed by atoms with Crippen LogP contribution in [0.15, 0.2) is 78.2 Å². The third kappa shape index (κ3) is 5.54. The molecule has 2 aromatic carbocycles. The molecule has 0 aliphatic carbocycles. The molecule has 3 aromatic rings. The van der Waals surface area contributed by atoms with Crippen molar-refractivity contribution >= 4 is 17.2 Å². The van der Waals surface area contributed by atoms with Gasteiger partial charge in [-0.2, -0.15) is 0 Å². The molecule has 0 spiro atoms. The molecule has 1 aliphatic heterocycles. The molecule has 0 saturated carbocycles. The van der Waals surface area contributed by atoms with E-state index >= 15 is 0 Å². The van der Waals surface area contributed by atoms with E-state index in [1.807, 2.05) is 24.3 Å². The minimum Gasteiger partial charge on any atom is -0.343 e. The molecule has 0 unspecified atom stereocenters. The van der Waals surface area contributed by atoms with E-state index in [9.17, 15) is 4.79 Å². The average molecular weight is 406 g/mol. The number of amides is 1. The fraction of sp³-hybridized carbons (Fsp3) is 0.292. The van der Waals surface area contributed by atoms with Gasteiger partial charge in [-0.15, -0.1) is 11.3 Å². The zero-order chi connectivity index (χ0) is 19.9. The highest BCUT2D eigenvalue weighted by atomic mass is 32.1. The van der Waals surface area contributed by atoms with Crippen LogP contribution in [-0.4, -0.2) is 48.4 Å². The standard InChI is InChI=1S/C24H27N3OS/c28-23(25-24(22-12-7-17-29-22)21-10-5-2-6-11-21)19-27-15-13-26(14-16-27)18-20-8-3-1-4-9-20/h1-12,17,24H,13-16,18-19H2,(H,25,28)/t24-/m1/s1. The molecule has 1 N–H and O–H groups in total.